The van der Waals surface area contributed by atoms with E-state index >= 15 is 0 Å². The first-order valence-electron chi connectivity index (χ1n) is 7.36. The fraction of sp³-hybridized carbons (Fsp3) is 0.278. The van der Waals surface area contributed by atoms with Crippen LogP contribution in [-0.2, 0) is 11.2 Å². The third-order valence-electron chi connectivity index (χ3n) is 3.85. The summed E-state index contributed by atoms with van der Waals surface area (Å²) in [5.41, 5.74) is 1.88. The largest absolute Gasteiger partial charge is 0.457 e. The minimum Gasteiger partial charge on any atom is -0.457 e. The first kappa shape index (κ1) is 13.8. The van der Waals surface area contributed by atoms with E-state index in [1.165, 1.54) is 5.56 Å². The molecule has 0 saturated carbocycles. The van der Waals surface area contributed by atoms with E-state index in [-0.39, 0.29) is 18.1 Å². The molecule has 1 saturated heterocycles. The van der Waals surface area contributed by atoms with Gasteiger partial charge in [0.2, 0.25) is 0 Å². The monoisotopic (exact) mass is 281 g/mol. The first-order chi connectivity index (χ1) is 10.3. The average Bonchev–Trinajstić information content (AvgIpc) is 2.96. The summed E-state index contributed by atoms with van der Waals surface area (Å²) >= 11 is 0. The second-order valence-electron chi connectivity index (χ2n) is 5.35. The summed E-state index contributed by atoms with van der Waals surface area (Å²) in [5, 5.41) is 3.43. The summed E-state index contributed by atoms with van der Waals surface area (Å²) < 4.78 is 5.68. The van der Waals surface area contributed by atoms with E-state index in [0.717, 1.165) is 19.4 Å². The molecule has 2 aromatic carbocycles. The van der Waals surface area contributed by atoms with Crippen molar-refractivity contribution in [2.75, 3.05) is 6.54 Å². The number of hydrogen-bond acceptors (Lipinski definition) is 3. The highest BCUT2D eigenvalue weighted by molar-refractivity contribution is 5.89. The van der Waals surface area contributed by atoms with Gasteiger partial charge in [-0.3, -0.25) is 0 Å². The first-order valence-corrected chi connectivity index (χ1v) is 7.36. The van der Waals surface area contributed by atoms with Crippen LogP contribution < -0.4 is 5.32 Å². The van der Waals surface area contributed by atoms with Crippen molar-refractivity contribution in [1.82, 2.24) is 5.32 Å². The predicted octanol–water partition coefficient (Wildman–Crippen LogP) is 2.82. The number of esters is 1. The SMILES string of the molecule is O=C(O[C@@H]1CCN[C@H]1Cc1ccccc1)c1ccccc1. The molecule has 3 rings (SSSR count). The molecule has 0 radical (unpaired) electrons. The Labute approximate surface area is 124 Å². The summed E-state index contributed by atoms with van der Waals surface area (Å²) in [4.78, 5) is 12.1. The lowest BCUT2D eigenvalue weighted by Gasteiger charge is -2.20. The Morgan fingerprint density at radius 3 is 2.43 bits per heavy atom. The summed E-state index contributed by atoms with van der Waals surface area (Å²) in [6.45, 7) is 0.893. The lowest BCUT2D eigenvalue weighted by Crippen LogP contribution is -2.35. The molecule has 3 nitrogen and oxygen atoms in total. The van der Waals surface area contributed by atoms with Crippen molar-refractivity contribution in [3.8, 4) is 0 Å². The Morgan fingerprint density at radius 2 is 1.71 bits per heavy atom. The van der Waals surface area contributed by atoms with Crippen molar-refractivity contribution in [3.63, 3.8) is 0 Å². The molecule has 0 unspecified atom stereocenters. The maximum Gasteiger partial charge on any atom is 0.338 e. The summed E-state index contributed by atoms with van der Waals surface area (Å²) in [6.07, 6.45) is 1.70. The quantitative estimate of drug-likeness (QED) is 0.876. The molecule has 3 heteroatoms. The van der Waals surface area contributed by atoms with Crippen LogP contribution in [0.25, 0.3) is 0 Å². The Morgan fingerprint density at radius 1 is 1.05 bits per heavy atom. The van der Waals surface area contributed by atoms with Crippen LogP contribution in [0.2, 0.25) is 0 Å². The minimum absolute atomic E-state index is 0.0575. The van der Waals surface area contributed by atoms with E-state index < -0.39 is 0 Å². The number of nitrogens with one attached hydrogen (secondary N) is 1. The van der Waals surface area contributed by atoms with E-state index in [1.54, 1.807) is 12.1 Å². The van der Waals surface area contributed by atoms with E-state index in [9.17, 15) is 4.79 Å². The molecular formula is C18H19NO2. The van der Waals surface area contributed by atoms with Gasteiger partial charge in [0.25, 0.3) is 0 Å². The average molecular weight is 281 g/mol. The van der Waals surface area contributed by atoms with Crippen molar-refractivity contribution in [2.24, 2.45) is 0 Å². The number of hydrogen-bond donors (Lipinski definition) is 1. The summed E-state index contributed by atoms with van der Waals surface area (Å²) in [6, 6.07) is 19.7. The van der Waals surface area contributed by atoms with Gasteiger partial charge in [0.1, 0.15) is 6.10 Å². The zero-order valence-corrected chi connectivity index (χ0v) is 11.9. The fourth-order valence-corrected chi connectivity index (χ4v) is 2.74. The van der Waals surface area contributed by atoms with Crippen molar-refractivity contribution in [2.45, 2.75) is 25.0 Å². The van der Waals surface area contributed by atoms with Gasteiger partial charge in [-0.15, -0.1) is 0 Å². The Bertz CT molecular complexity index is 583. The lowest BCUT2D eigenvalue weighted by atomic mass is 10.0. The topological polar surface area (TPSA) is 38.3 Å². The highest BCUT2D eigenvalue weighted by atomic mass is 16.5. The minimum atomic E-state index is -0.234. The van der Waals surface area contributed by atoms with Crippen LogP contribution >= 0.6 is 0 Å². The van der Waals surface area contributed by atoms with Crippen LogP contribution in [0.15, 0.2) is 60.7 Å². The van der Waals surface area contributed by atoms with Crippen LogP contribution in [-0.4, -0.2) is 24.7 Å². The molecule has 1 heterocycles. The van der Waals surface area contributed by atoms with Crippen molar-refractivity contribution in [3.05, 3.63) is 71.8 Å². The summed E-state index contributed by atoms with van der Waals surface area (Å²) in [5.74, 6) is -0.234. The van der Waals surface area contributed by atoms with Gasteiger partial charge >= 0.3 is 5.97 Å². The molecule has 21 heavy (non-hydrogen) atoms. The van der Waals surface area contributed by atoms with Crippen LogP contribution in [0, 0.1) is 0 Å². The molecule has 0 aromatic heterocycles. The lowest BCUT2D eigenvalue weighted by molar-refractivity contribution is 0.0273. The maximum absolute atomic E-state index is 12.1. The Balaban J connectivity index is 1.63. The third kappa shape index (κ3) is 3.50. The second-order valence-corrected chi connectivity index (χ2v) is 5.35. The smallest absolute Gasteiger partial charge is 0.338 e. The molecule has 2 atom stereocenters. The van der Waals surface area contributed by atoms with Gasteiger partial charge in [-0.25, -0.2) is 4.79 Å². The molecule has 0 bridgehead atoms. The molecule has 0 aliphatic carbocycles. The molecule has 1 aliphatic heterocycles. The van der Waals surface area contributed by atoms with Crippen LogP contribution in [0.4, 0.5) is 0 Å². The highest BCUT2D eigenvalue weighted by Crippen LogP contribution is 2.18. The van der Waals surface area contributed by atoms with E-state index in [1.807, 2.05) is 36.4 Å². The van der Waals surface area contributed by atoms with Crippen molar-refractivity contribution < 1.29 is 9.53 Å². The number of carbonyl (C=O) groups is 1. The molecular weight excluding hydrogens is 262 g/mol. The number of carbonyl (C=O) groups excluding carboxylic acids is 1. The molecule has 0 spiro atoms. The predicted molar refractivity (Wildman–Crippen MR) is 82.2 cm³/mol. The van der Waals surface area contributed by atoms with E-state index in [4.69, 9.17) is 4.74 Å². The van der Waals surface area contributed by atoms with Gasteiger partial charge in [0.15, 0.2) is 0 Å². The van der Waals surface area contributed by atoms with Crippen LogP contribution in [0.5, 0.6) is 0 Å². The molecule has 1 aliphatic rings. The number of rotatable bonds is 4. The van der Waals surface area contributed by atoms with Gasteiger partial charge in [-0.1, -0.05) is 48.5 Å². The van der Waals surface area contributed by atoms with Gasteiger partial charge in [0.05, 0.1) is 5.56 Å². The van der Waals surface area contributed by atoms with E-state index in [2.05, 4.69) is 17.4 Å². The highest BCUT2D eigenvalue weighted by Gasteiger charge is 2.30. The third-order valence-corrected chi connectivity index (χ3v) is 3.85. The molecule has 1 N–H and O–H groups in total. The van der Waals surface area contributed by atoms with Gasteiger partial charge in [-0.2, -0.15) is 0 Å². The van der Waals surface area contributed by atoms with Crippen molar-refractivity contribution in [1.29, 1.82) is 0 Å². The van der Waals surface area contributed by atoms with Gasteiger partial charge < -0.3 is 10.1 Å². The molecule has 0 amide bonds. The Kier molecular flexibility index (Phi) is 4.31. The second kappa shape index (κ2) is 6.55. The molecule has 1 fully saturated rings. The molecule has 2 aromatic rings. The maximum atomic E-state index is 12.1. The zero-order valence-electron chi connectivity index (χ0n) is 11.9. The van der Waals surface area contributed by atoms with Gasteiger partial charge in [-0.05, 0) is 37.1 Å². The molecule has 108 valence electrons. The normalized spacial score (nSPS) is 21.1. The number of benzene rings is 2. The standard InChI is InChI=1S/C18H19NO2/c20-18(15-9-5-2-6-10-15)21-17-11-12-19-16(17)13-14-7-3-1-4-8-14/h1-10,16-17,19H,11-13H2/t16-,17+/m0/s1. The van der Waals surface area contributed by atoms with Crippen LogP contribution in [0.1, 0.15) is 22.3 Å². The van der Waals surface area contributed by atoms with E-state index in [0.29, 0.717) is 5.56 Å². The van der Waals surface area contributed by atoms with Gasteiger partial charge in [0, 0.05) is 6.04 Å². The fourth-order valence-electron chi connectivity index (χ4n) is 2.74. The van der Waals surface area contributed by atoms with Crippen LogP contribution in [0.3, 0.4) is 0 Å². The number of ether oxygens (including phenoxy) is 1. The van der Waals surface area contributed by atoms with Crippen molar-refractivity contribution >= 4 is 5.97 Å². The summed E-state index contributed by atoms with van der Waals surface area (Å²) in [7, 11) is 0. The Hall–Kier alpha value is -2.13. The zero-order chi connectivity index (χ0) is 14.5.